The predicted octanol–water partition coefficient (Wildman–Crippen LogP) is 6.12. The number of hydrogen-bond acceptors (Lipinski definition) is 10. The van der Waals surface area contributed by atoms with Crippen molar-refractivity contribution in [2.45, 2.75) is 44.4 Å². The fraction of sp³-hybridized carbons (Fsp3) is 0.310. The number of nitrogens with one attached hydrogen (secondary N) is 4. The number of nitrogens with zero attached hydrogens (tertiary/aromatic N) is 4. The van der Waals surface area contributed by atoms with Crippen LogP contribution in [0.5, 0.6) is 17.2 Å². The van der Waals surface area contributed by atoms with Crippen LogP contribution in [-0.2, 0) is 17.5 Å². The summed E-state index contributed by atoms with van der Waals surface area (Å²) in [6.45, 7) is 2.26. The zero-order valence-electron chi connectivity index (χ0n) is 32.6. The van der Waals surface area contributed by atoms with E-state index in [1.54, 1.807) is 36.4 Å². The Labute approximate surface area is 341 Å². The number of hydrogen-bond donors (Lipinski definition) is 4. The normalized spacial score (nSPS) is 16.6. The highest BCUT2D eigenvalue weighted by Gasteiger charge is 2.34. The molecule has 0 spiro atoms. The van der Waals surface area contributed by atoms with Crippen molar-refractivity contribution in [1.82, 2.24) is 35.6 Å². The Morgan fingerprint density at radius 1 is 0.933 bits per heavy atom. The van der Waals surface area contributed by atoms with Crippen LogP contribution in [0.2, 0.25) is 0 Å². The summed E-state index contributed by atoms with van der Waals surface area (Å²) in [4.78, 5) is 67.3. The summed E-state index contributed by atoms with van der Waals surface area (Å²) >= 11 is 0. The van der Waals surface area contributed by atoms with Crippen molar-refractivity contribution in [3.05, 3.63) is 107 Å². The molecule has 1 fully saturated rings. The van der Waals surface area contributed by atoms with Gasteiger partial charge in [-0.15, -0.1) is 0 Å². The average molecular weight is 827 g/mol. The lowest BCUT2D eigenvalue weighted by molar-refractivity contribution is -0.141. The molecule has 15 nitrogen and oxygen atoms in total. The number of amides is 5. The maximum absolute atomic E-state index is 13.1. The fourth-order valence-electron chi connectivity index (χ4n) is 7.35. The van der Waals surface area contributed by atoms with Gasteiger partial charge in [0.05, 0.1) is 29.9 Å². The third kappa shape index (κ3) is 9.55. The summed E-state index contributed by atoms with van der Waals surface area (Å²) < 4.78 is 52.7. The number of imide groups is 1. The molecule has 2 aromatic heterocycles. The standard InChI is InChI=1S/C42H41F3N8O7/c1-52(18-17-46-41(58)47-21-24-11-15-28(16-12-24)60-33-7-3-5-29-36(33)39(56)50-40(57)37(29)54)22-25-9-13-27(14-10-25)53-23-26-19-32(34(59-2)20-31(26)51-53)49-38(55)30-6-4-8-35(48-30)42(43,44)45/h3-8,11-12,15-16,19-20,23,25,27H,9-10,13-14,17-18,21-22H2,1-2H3,(H,49,55)(H2,46,47,58)(H,50,56,57)/t25-,27-. The van der Waals surface area contributed by atoms with Gasteiger partial charge >= 0.3 is 12.2 Å². The van der Waals surface area contributed by atoms with Crippen LogP contribution in [0.4, 0.5) is 23.7 Å². The number of carbonyl (C=O) groups excluding carboxylic acids is 5. The van der Waals surface area contributed by atoms with Gasteiger partial charge in [-0.2, -0.15) is 18.3 Å². The van der Waals surface area contributed by atoms with Crippen molar-refractivity contribution in [2.75, 3.05) is 39.1 Å². The summed E-state index contributed by atoms with van der Waals surface area (Å²) in [6, 6.07) is 17.7. The predicted molar refractivity (Wildman–Crippen MR) is 212 cm³/mol. The van der Waals surface area contributed by atoms with E-state index in [0.29, 0.717) is 36.0 Å². The Balaban J connectivity index is 0.828. The molecule has 5 amide bonds. The number of ether oxygens (including phenoxy) is 2. The minimum absolute atomic E-state index is 0.00367. The van der Waals surface area contributed by atoms with Gasteiger partial charge in [0, 0.05) is 49.4 Å². The number of fused-ring (bicyclic) bond motifs is 2. The van der Waals surface area contributed by atoms with Crippen LogP contribution in [0.15, 0.2) is 79.0 Å². The van der Waals surface area contributed by atoms with Gasteiger partial charge in [0.15, 0.2) is 0 Å². The van der Waals surface area contributed by atoms with Crippen LogP contribution >= 0.6 is 0 Å². The lowest BCUT2D eigenvalue weighted by Gasteiger charge is -2.31. The van der Waals surface area contributed by atoms with Crippen LogP contribution in [0.1, 0.15) is 74.2 Å². The lowest BCUT2D eigenvalue weighted by Crippen LogP contribution is -2.42. The van der Waals surface area contributed by atoms with Gasteiger partial charge in [-0.3, -0.25) is 29.2 Å². The number of likely N-dealkylation sites (N-methyl/N-ethyl adjacent to an activating group) is 1. The van der Waals surface area contributed by atoms with Crippen molar-refractivity contribution in [3.8, 4) is 17.2 Å². The Kier molecular flexibility index (Phi) is 12.1. The van der Waals surface area contributed by atoms with E-state index in [0.717, 1.165) is 55.3 Å². The number of Topliss-reactive ketones (excluding diaryl/α,β-unsaturated/α-hetero) is 1. The number of ketones is 1. The second kappa shape index (κ2) is 17.6. The van der Waals surface area contributed by atoms with Crippen LogP contribution in [0.3, 0.4) is 0 Å². The molecule has 0 unspecified atom stereocenters. The second-order valence-electron chi connectivity index (χ2n) is 14.7. The Morgan fingerprint density at radius 3 is 2.42 bits per heavy atom. The second-order valence-corrected chi connectivity index (χ2v) is 14.7. The molecule has 3 heterocycles. The summed E-state index contributed by atoms with van der Waals surface area (Å²) in [6.07, 6.45) is 1.02. The molecule has 3 aromatic carbocycles. The number of alkyl halides is 3. The number of pyridine rings is 1. The van der Waals surface area contributed by atoms with Gasteiger partial charge in [-0.25, -0.2) is 9.78 Å². The monoisotopic (exact) mass is 826 g/mol. The molecule has 0 bridgehead atoms. The van der Waals surface area contributed by atoms with E-state index in [1.807, 2.05) is 23.2 Å². The maximum Gasteiger partial charge on any atom is 0.433 e. The first-order chi connectivity index (χ1) is 28.7. The highest BCUT2D eigenvalue weighted by atomic mass is 19.4. The van der Waals surface area contributed by atoms with Crippen molar-refractivity contribution in [3.63, 3.8) is 0 Å². The van der Waals surface area contributed by atoms with Crippen molar-refractivity contribution >= 4 is 46.1 Å². The fourth-order valence-corrected chi connectivity index (χ4v) is 7.35. The van der Waals surface area contributed by atoms with Gasteiger partial charge in [0.2, 0.25) is 0 Å². The van der Waals surface area contributed by atoms with E-state index in [1.165, 1.54) is 31.4 Å². The first-order valence-electron chi connectivity index (χ1n) is 19.2. The summed E-state index contributed by atoms with van der Waals surface area (Å²) in [5, 5.41) is 15.9. The third-order valence-electron chi connectivity index (χ3n) is 10.4. The molecule has 5 aromatic rings. The largest absolute Gasteiger partial charge is 0.494 e. The zero-order valence-corrected chi connectivity index (χ0v) is 32.6. The van der Waals surface area contributed by atoms with Crippen molar-refractivity contribution in [1.29, 1.82) is 0 Å². The van der Waals surface area contributed by atoms with E-state index in [-0.39, 0.29) is 46.9 Å². The van der Waals surface area contributed by atoms with E-state index < -0.39 is 35.4 Å². The molecule has 0 saturated heterocycles. The highest BCUT2D eigenvalue weighted by molar-refractivity contribution is 6.49. The molecule has 1 aliphatic carbocycles. The van der Waals surface area contributed by atoms with Gasteiger partial charge in [0.25, 0.3) is 23.5 Å². The summed E-state index contributed by atoms with van der Waals surface area (Å²) in [7, 11) is 3.46. The molecular weight excluding hydrogens is 786 g/mol. The molecule has 7 rings (SSSR count). The summed E-state index contributed by atoms with van der Waals surface area (Å²) in [5.41, 5.74) is 0.203. The van der Waals surface area contributed by atoms with E-state index in [2.05, 4.69) is 25.8 Å². The number of methoxy groups -OCH3 is 1. The molecule has 1 saturated carbocycles. The number of halogens is 3. The van der Waals surface area contributed by atoms with Gasteiger partial charge in [0.1, 0.15) is 28.6 Å². The minimum Gasteiger partial charge on any atom is -0.494 e. The van der Waals surface area contributed by atoms with Crippen molar-refractivity contribution in [2.24, 2.45) is 5.92 Å². The van der Waals surface area contributed by atoms with Crippen LogP contribution < -0.4 is 30.7 Å². The number of aromatic nitrogens is 3. The molecule has 4 N–H and O–H groups in total. The topological polar surface area (TPSA) is 186 Å². The first kappa shape index (κ1) is 41.3. The molecular formula is C42H41F3N8O7. The third-order valence-corrected chi connectivity index (χ3v) is 10.4. The molecule has 60 heavy (non-hydrogen) atoms. The van der Waals surface area contributed by atoms with Crippen molar-refractivity contribution < 1.29 is 46.6 Å². The number of benzene rings is 3. The van der Waals surface area contributed by atoms with E-state index in [4.69, 9.17) is 14.6 Å². The number of carbonyl (C=O) groups is 5. The average Bonchev–Trinajstić information content (AvgIpc) is 3.65. The summed E-state index contributed by atoms with van der Waals surface area (Å²) in [5.74, 6) is -1.96. The Hall–Kier alpha value is -6.82. The molecule has 312 valence electrons. The highest BCUT2D eigenvalue weighted by Crippen LogP contribution is 2.36. The number of rotatable bonds is 13. The lowest BCUT2D eigenvalue weighted by atomic mass is 9.86. The van der Waals surface area contributed by atoms with Gasteiger partial charge < -0.3 is 30.3 Å². The van der Waals surface area contributed by atoms with Gasteiger partial charge in [-0.1, -0.05) is 24.3 Å². The molecule has 1 aliphatic heterocycles. The van der Waals surface area contributed by atoms with Crippen LogP contribution in [-0.4, -0.2) is 83.0 Å². The molecule has 0 radical (unpaired) electrons. The molecule has 2 aliphatic rings. The SMILES string of the molecule is COc1cc2nn([C@H]3CC[C@H](CN(C)CCNC(=O)NCc4ccc(Oc5cccc6c5C(=O)NC(=O)C6=O)cc4)CC3)cc2cc1NC(=O)c1cccc(C(F)(F)F)n1. The smallest absolute Gasteiger partial charge is 0.433 e. The Morgan fingerprint density at radius 2 is 1.68 bits per heavy atom. The van der Waals surface area contributed by atoms with Crippen LogP contribution in [0.25, 0.3) is 10.9 Å². The molecule has 0 atom stereocenters. The first-order valence-corrected chi connectivity index (χ1v) is 19.2. The Bertz CT molecular complexity index is 2450. The zero-order chi connectivity index (χ0) is 42.6. The number of anilines is 1. The van der Waals surface area contributed by atoms with Crippen LogP contribution in [0, 0.1) is 5.92 Å². The molecule has 18 heteroatoms. The minimum atomic E-state index is -4.68. The van der Waals surface area contributed by atoms with E-state index in [9.17, 15) is 37.1 Å². The number of urea groups is 1. The van der Waals surface area contributed by atoms with Gasteiger partial charge in [-0.05, 0) is 86.7 Å². The maximum atomic E-state index is 13.1. The quantitative estimate of drug-likeness (QED) is 0.0797. The van der Waals surface area contributed by atoms with E-state index >= 15 is 0 Å².